The van der Waals surface area contributed by atoms with E-state index in [9.17, 15) is 13.2 Å². The fourth-order valence-electron chi connectivity index (χ4n) is 1.82. The maximum atomic E-state index is 12.7. The predicted molar refractivity (Wildman–Crippen MR) is 76.8 cm³/mol. The van der Waals surface area contributed by atoms with Gasteiger partial charge >= 0.3 is 6.18 Å². The minimum Gasteiger partial charge on any atom is -0.182 e. The number of rotatable bonds is 3. The number of hydrogen-bond acceptors (Lipinski definition) is 4. The van der Waals surface area contributed by atoms with Gasteiger partial charge in [0.05, 0.1) is 5.56 Å². The number of hydrogen-bond donors (Lipinski definition) is 0. The first-order chi connectivity index (χ1) is 10.4. The molecule has 0 bridgehead atoms. The summed E-state index contributed by atoms with van der Waals surface area (Å²) >= 11 is 7.13. The van der Waals surface area contributed by atoms with E-state index in [0.717, 1.165) is 12.1 Å². The Kier molecular flexibility index (Phi) is 3.96. The van der Waals surface area contributed by atoms with E-state index < -0.39 is 11.7 Å². The molecule has 0 N–H and O–H groups in total. The van der Waals surface area contributed by atoms with Gasteiger partial charge in [-0.1, -0.05) is 30.0 Å². The van der Waals surface area contributed by atoms with Crippen LogP contribution in [-0.4, -0.2) is 19.8 Å². The molecule has 0 radical (unpaired) electrons. The van der Waals surface area contributed by atoms with Gasteiger partial charge in [-0.2, -0.15) is 22.8 Å². The average Bonchev–Trinajstić information content (AvgIpc) is 2.86. The highest BCUT2D eigenvalue weighted by Crippen LogP contribution is 2.31. The molecule has 0 aliphatic heterocycles. The van der Waals surface area contributed by atoms with Gasteiger partial charge in [0.15, 0.2) is 5.65 Å². The Balaban J connectivity index is 1.77. The average molecular weight is 345 g/mol. The van der Waals surface area contributed by atoms with Crippen molar-refractivity contribution in [1.29, 1.82) is 0 Å². The summed E-state index contributed by atoms with van der Waals surface area (Å²) in [5.41, 5.74) is 0.417. The quantitative estimate of drug-likeness (QED) is 0.671. The highest BCUT2D eigenvalue weighted by Gasteiger charge is 2.30. The molecule has 0 aliphatic carbocycles. The molecule has 1 aromatic carbocycles. The normalized spacial score (nSPS) is 12.0. The molecule has 0 unspecified atom stereocenters. The molecule has 2 aromatic heterocycles. The molecule has 0 saturated carbocycles. The van der Waals surface area contributed by atoms with Crippen LogP contribution < -0.4 is 0 Å². The van der Waals surface area contributed by atoms with Crippen LogP contribution in [0.15, 0.2) is 41.4 Å². The van der Waals surface area contributed by atoms with Crippen molar-refractivity contribution in [2.45, 2.75) is 17.0 Å². The van der Waals surface area contributed by atoms with Crippen LogP contribution in [0.2, 0.25) is 5.28 Å². The molecule has 114 valence electrons. The van der Waals surface area contributed by atoms with Crippen molar-refractivity contribution in [3.8, 4) is 0 Å². The smallest absolute Gasteiger partial charge is 0.182 e. The Morgan fingerprint density at radius 1 is 1.14 bits per heavy atom. The van der Waals surface area contributed by atoms with Gasteiger partial charge < -0.3 is 0 Å². The summed E-state index contributed by atoms with van der Waals surface area (Å²) in [6, 6.07) is 8.64. The number of halogens is 4. The van der Waals surface area contributed by atoms with Crippen molar-refractivity contribution < 1.29 is 13.2 Å². The van der Waals surface area contributed by atoms with Gasteiger partial charge in [0, 0.05) is 5.75 Å². The highest BCUT2D eigenvalue weighted by molar-refractivity contribution is 7.98. The fourth-order valence-corrected chi connectivity index (χ4v) is 2.78. The number of benzene rings is 1. The van der Waals surface area contributed by atoms with Gasteiger partial charge in [0.2, 0.25) is 5.28 Å². The molecule has 0 spiro atoms. The first kappa shape index (κ1) is 15.1. The summed E-state index contributed by atoms with van der Waals surface area (Å²) in [5, 5.41) is 12.5. The largest absolute Gasteiger partial charge is 0.416 e. The minimum atomic E-state index is -4.34. The number of thioether (sulfide) groups is 1. The Hall–Kier alpha value is -1.80. The zero-order chi connectivity index (χ0) is 15.7. The summed E-state index contributed by atoms with van der Waals surface area (Å²) in [6.45, 7) is 0. The van der Waals surface area contributed by atoms with Crippen LogP contribution in [0.25, 0.3) is 5.65 Å². The summed E-state index contributed by atoms with van der Waals surface area (Å²) in [5.74, 6) is 0.363. The lowest BCUT2D eigenvalue weighted by Gasteiger charge is -2.08. The summed E-state index contributed by atoms with van der Waals surface area (Å²) in [7, 11) is 0. The first-order valence-corrected chi connectivity index (χ1v) is 7.47. The van der Waals surface area contributed by atoms with Gasteiger partial charge in [0.25, 0.3) is 0 Å². The first-order valence-electron chi connectivity index (χ1n) is 6.10. The number of nitrogens with zero attached hydrogens (tertiary/aromatic N) is 4. The molecular formula is C13H8ClF3N4S. The summed E-state index contributed by atoms with van der Waals surface area (Å²) < 4.78 is 39.4. The molecule has 0 aliphatic rings. The number of fused-ring (bicyclic) bond motifs is 1. The third-order valence-corrected chi connectivity index (χ3v) is 4.07. The summed E-state index contributed by atoms with van der Waals surface area (Å²) in [4.78, 5) is 0. The van der Waals surface area contributed by atoms with Gasteiger partial charge in [0.1, 0.15) is 5.03 Å². The van der Waals surface area contributed by atoms with Crippen LogP contribution in [0.1, 0.15) is 11.1 Å². The molecule has 0 saturated heterocycles. The molecule has 0 amide bonds. The minimum absolute atomic E-state index is 0.136. The SMILES string of the molecule is FC(F)(F)c1cccc(CSc2ccc3nnc(Cl)n3n2)c1. The molecular weight excluding hydrogens is 337 g/mol. The standard InChI is InChI=1S/C13H8ClF3N4S/c14-12-19-18-10-4-5-11(20-21(10)12)22-7-8-2-1-3-9(6-8)13(15,16)17/h1-6H,7H2. The van der Waals surface area contributed by atoms with Crippen molar-refractivity contribution in [2.75, 3.05) is 0 Å². The fraction of sp³-hybridized carbons (Fsp3) is 0.154. The van der Waals surface area contributed by atoms with Crippen molar-refractivity contribution in [3.63, 3.8) is 0 Å². The third kappa shape index (κ3) is 3.17. The van der Waals surface area contributed by atoms with E-state index >= 15 is 0 Å². The van der Waals surface area contributed by atoms with Crippen molar-refractivity contribution in [3.05, 3.63) is 52.8 Å². The monoisotopic (exact) mass is 344 g/mol. The van der Waals surface area contributed by atoms with Crippen LogP contribution >= 0.6 is 23.4 Å². The number of aromatic nitrogens is 4. The van der Waals surface area contributed by atoms with E-state index in [-0.39, 0.29) is 5.28 Å². The topological polar surface area (TPSA) is 43.1 Å². The zero-order valence-corrected chi connectivity index (χ0v) is 12.5. The van der Waals surface area contributed by atoms with E-state index in [0.29, 0.717) is 22.0 Å². The highest BCUT2D eigenvalue weighted by atomic mass is 35.5. The maximum Gasteiger partial charge on any atom is 0.416 e. The second-order valence-electron chi connectivity index (χ2n) is 4.40. The van der Waals surface area contributed by atoms with Crippen LogP contribution in [0.4, 0.5) is 13.2 Å². The predicted octanol–water partition coefficient (Wildman–Crippen LogP) is 4.09. The van der Waals surface area contributed by atoms with E-state index in [4.69, 9.17) is 11.6 Å². The molecule has 22 heavy (non-hydrogen) atoms. The molecule has 3 aromatic rings. The Morgan fingerprint density at radius 2 is 1.95 bits per heavy atom. The third-order valence-electron chi connectivity index (χ3n) is 2.84. The molecule has 2 heterocycles. The number of alkyl halides is 3. The molecule has 4 nitrogen and oxygen atoms in total. The van der Waals surface area contributed by atoms with Crippen molar-refractivity contribution in [1.82, 2.24) is 19.8 Å². The molecule has 0 fully saturated rings. The van der Waals surface area contributed by atoms with Crippen LogP contribution in [-0.2, 0) is 11.9 Å². The van der Waals surface area contributed by atoms with Gasteiger partial charge in [-0.25, -0.2) is 0 Å². The lowest BCUT2D eigenvalue weighted by atomic mass is 10.1. The van der Waals surface area contributed by atoms with E-state index in [2.05, 4.69) is 15.3 Å². The second-order valence-corrected chi connectivity index (χ2v) is 5.73. The zero-order valence-electron chi connectivity index (χ0n) is 10.9. The van der Waals surface area contributed by atoms with Crippen LogP contribution in [0.3, 0.4) is 0 Å². The summed E-state index contributed by atoms with van der Waals surface area (Å²) in [6.07, 6.45) is -4.34. The Bertz CT molecular complexity index is 818. The maximum absolute atomic E-state index is 12.7. The van der Waals surface area contributed by atoms with Crippen molar-refractivity contribution >= 4 is 29.0 Å². The van der Waals surface area contributed by atoms with Crippen molar-refractivity contribution in [2.24, 2.45) is 0 Å². The Labute approximate surface area is 132 Å². The van der Waals surface area contributed by atoms with Gasteiger partial charge in [-0.05, 0) is 35.4 Å². The lowest BCUT2D eigenvalue weighted by molar-refractivity contribution is -0.137. The Morgan fingerprint density at radius 3 is 2.73 bits per heavy atom. The molecule has 3 rings (SSSR count). The van der Waals surface area contributed by atoms with E-state index in [1.807, 2.05) is 0 Å². The second kappa shape index (κ2) is 5.77. The van der Waals surface area contributed by atoms with Crippen LogP contribution in [0, 0.1) is 0 Å². The molecule has 0 atom stereocenters. The van der Waals surface area contributed by atoms with Crippen LogP contribution in [0.5, 0.6) is 0 Å². The van der Waals surface area contributed by atoms with Gasteiger partial charge in [-0.3, -0.25) is 0 Å². The lowest BCUT2D eigenvalue weighted by Crippen LogP contribution is -2.04. The molecule has 9 heteroatoms. The van der Waals surface area contributed by atoms with Gasteiger partial charge in [-0.15, -0.1) is 10.2 Å². The van der Waals surface area contributed by atoms with E-state index in [1.165, 1.54) is 22.3 Å². The van der Waals surface area contributed by atoms with E-state index in [1.54, 1.807) is 18.2 Å².